The number of nitrogens with zero attached hydrogens (tertiary/aromatic N) is 3. The molecule has 0 bridgehead atoms. The molecule has 2 unspecified atom stereocenters. The first kappa shape index (κ1) is 24.9. The topological polar surface area (TPSA) is 90.4 Å². The van der Waals surface area contributed by atoms with Crippen molar-refractivity contribution >= 4 is 17.5 Å². The minimum atomic E-state index is -4.59. The third kappa shape index (κ3) is 5.26. The molecule has 1 aromatic carbocycles. The Balaban J connectivity index is 1.70. The van der Waals surface area contributed by atoms with Crippen LogP contribution in [0, 0.1) is 35.0 Å². The van der Waals surface area contributed by atoms with Gasteiger partial charge in [0, 0.05) is 37.8 Å². The number of halogens is 3. The molecule has 2 fully saturated rings. The molecular formula is C24H31F3N4O2. The van der Waals surface area contributed by atoms with Gasteiger partial charge >= 0.3 is 6.18 Å². The number of amides is 2. The second-order valence-electron chi connectivity index (χ2n) is 9.09. The molecule has 33 heavy (non-hydrogen) atoms. The highest BCUT2D eigenvalue weighted by molar-refractivity contribution is 5.82. The first-order valence-corrected chi connectivity index (χ1v) is 11.5. The summed E-state index contributed by atoms with van der Waals surface area (Å²) in [6, 6.07) is 5.41. The van der Waals surface area contributed by atoms with Crippen molar-refractivity contribution in [3.05, 3.63) is 29.3 Å². The number of piperidine rings is 1. The number of hydrogen-bond donors (Lipinski definition) is 1. The van der Waals surface area contributed by atoms with E-state index in [0.717, 1.165) is 18.9 Å². The Labute approximate surface area is 192 Å². The monoisotopic (exact) mass is 464 g/mol. The quantitative estimate of drug-likeness (QED) is 0.694. The third-order valence-electron chi connectivity index (χ3n) is 7.32. The Morgan fingerprint density at radius 2 is 1.82 bits per heavy atom. The molecule has 2 atom stereocenters. The number of carbonyl (C=O) groups is 2. The molecule has 2 heterocycles. The minimum Gasteiger partial charge on any atom is -0.372 e. The van der Waals surface area contributed by atoms with Gasteiger partial charge in [-0.15, -0.1) is 0 Å². The largest absolute Gasteiger partial charge is 0.417 e. The number of carbonyl (C=O) groups excluding carboxylic acids is 2. The molecule has 0 aliphatic carbocycles. The summed E-state index contributed by atoms with van der Waals surface area (Å²) in [6.07, 6.45) is -1.70. The van der Waals surface area contributed by atoms with Crippen LogP contribution in [0.25, 0.3) is 0 Å². The molecular weight excluding hydrogens is 433 g/mol. The molecule has 0 saturated carbocycles. The molecule has 3 rings (SSSR count). The molecule has 0 aromatic heterocycles. The lowest BCUT2D eigenvalue weighted by molar-refractivity contribution is -0.138. The normalized spacial score (nSPS) is 22.0. The smallest absolute Gasteiger partial charge is 0.372 e. The molecule has 180 valence electrons. The summed E-state index contributed by atoms with van der Waals surface area (Å²) < 4.78 is 40.0. The van der Waals surface area contributed by atoms with E-state index in [-0.39, 0.29) is 23.7 Å². The van der Waals surface area contributed by atoms with Gasteiger partial charge in [-0.25, -0.2) is 0 Å². The van der Waals surface area contributed by atoms with Crippen molar-refractivity contribution < 1.29 is 22.8 Å². The van der Waals surface area contributed by atoms with E-state index in [1.165, 1.54) is 6.07 Å². The second-order valence-corrected chi connectivity index (χ2v) is 9.09. The SMILES string of the molecule is CCC(CC)C(=O)N1CC(C(N)=O)C(C2CCN(c3ccc(C#N)c(C(F)(F)F)c3)CC2)C1. The summed E-state index contributed by atoms with van der Waals surface area (Å²) in [4.78, 5) is 28.7. The predicted octanol–water partition coefficient (Wildman–Crippen LogP) is 3.79. The molecule has 2 amide bonds. The molecule has 2 saturated heterocycles. The standard InChI is InChI=1S/C24H31F3N4O2/c1-3-15(4-2)23(33)31-13-19(20(14-31)22(29)32)16-7-9-30(10-8-16)18-6-5-17(12-28)21(11-18)24(25,26)27/h5-6,11,15-16,19-20H,3-4,7-10,13-14H2,1-2H3,(H2,29,32). The van der Waals surface area contributed by atoms with Crippen LogP contribution in [0.15, 0.2) is 18.2 Å². The maximum atomic E-state index is 13.3. The average Bonchev–Trinajstić information content (AvgIpc) is 3.25. The highest BCUT2D eigenvalue weighted by Crippen LogP contribution is 2.39. The lowest BCUT2D eigenvalue weighted by atomic mass is 9.78. The summed E-state index contributed by atoms with van der Waals surface area (Å²) >= 11 is 0. The maximum Gasteiger partial charge on any atom is 0.417 e. The molecule has 0 spiro atoms. The summed E-state index contributed by atoms with van der Waals surface area (Å²) in [5, 5.41) is 9.01. The van der Waals surface area contributed by atoms with E-state index in [4.69, 9.17) is 11.0 Å². The number of nitrogens with two attached hydrogens (primary N) is 1. The van der Waals surface area contributed by atoms with Gasteiger partial charge in [0.05, 0.1) is 23.1 Å². The van der Waals surface area contributed by atoms with Crippen molar-refractivity contribution in [2.45, 2.75) is 45.7 Å². The van der Waals surface area contributed by atoms with Crippen LogP contribution >= 0.6 is 0 Å². The van der Waals surface area contributed by atoms with Crippen LogP contribution in [0.3, 0.4) is 0 Å². The fraction of sp³-hybridized carbons (Fsp3) is 0.625. The fourth-order valence-corrected chi connectivity index (χ4v) is 5.33. The minimum absolute atomic E-state index is 0.0327. The van der Waals surface area contributed by atoms with Crippen molar-refractivity contribution in [3.63, 3.8) is 0 Å². The van der Waals surface area contributed by atoms with Gasteiger partial charge in [-0.3, -0.25) is 9.59 Å². The van der Waals surface area contributed by atoms with Crippen LogP contribution in [0.5, 0.6) is 0 Å². The summed E-state index contributed by atoms with van der Waals surface area (Å²) in [5.41, 5.74) is 4.80. The van der Waals surface area contributed by atoms with E-state index in [1.807, 2.05) is 18.7 Å². The Morgan fingerprint density at radius 1 is 1.18 bits per heavy atom. The Kier molecular flexibility index (Phi) is 7.55. The highest BCUT2D eigenvalue weighted by Gasteiger charge is 2.44. The fourth-order valence-electron chi connectivity index (χ4n) is 5.33. The van der Waals surface area contributed by atoms with Crippen LogP contribution in [-0.4, -0.2) is 42.9 Å². The first-order valence-electron chi connectivity index (χ1n) is 11.5. The first-order chi connectivity index (χ1) is 15.6. The average molecular weight is 465 g/mol. The lowest BCUT2D eigenvalue weighted by Gasteiger charge is -2.37. The lowest BCUT2D eigenvalue weighted by Crippen LogP contribution is -2.40. The number of benzene rings is 1. The van der Waals surface area contributed by atoms with Gasteiger partial charge in [-0.1, -0.05) is 13.8 Å². The van der Waals surface area contributed by atoms with Gasteiger partial charge in [-0.2, -0.15) is 18.4 Å². The van der Waals surface area contributed by atoms with Crippen LogP contribution < -0.4 is 10.6 Å². The zero-order valence-corrected chi connectivity index (χ0v) is 19.1. The van der Waals surface area contributed by atoms with Crippen LogP contribution in [-0.2, 0) is 15.8 Å². The van der Waals surface area contributed by atoms with Crippen LogP contribution in [0.1, 0.15) is 50.7 Å². The Bertz CT molecular complexity index is 915. The molecule has 6 nitrogen and oxygen atoms in total. The molecule has 2 aliphatic heterocycles. The van der Waals surface area contributed by atoms with Crippen molar-refractivity contribution in [1.29, 1.82) is 5.26 Å². The number of anilines is 1. The van der Waals surface area contributed by atoms with Crippen LogP contribution in [0.4, 0.5) is 18.9 Å². The number of primary amides is 1. The van der Waals surface area contributed by atoms with E-state index in [9.17, 15) is 22.8 Å². The van der Waals surface area contributed by atoms with E-state index >= 15 is 0 Å². The zero-order valence-electron chi connectivity index (χ0n) is 19.1. The van der Waals surface area contributed by atoms with E-state index in [2.05, 4.69) is 0 Å². The number of nitriles is 1. The molecule has 1 aromatic rings. The van der Waals surface area contributed by atoms with Crippen molar-refractivity contribution in [3.8, 4) is 6.07 Å². The molecule has 2 aliphatic rings. The number of hydrogen-bond acceptors (Lipinski definition) is 4. The van der Waals surface area contributed by atoms with Gasteiger partial charge in [0.15, 0.2) is 0 Å². The Morgan fingerprint density at radius 3 is 2.33 bits per heavy atom. The van der Waals surface area contributed by atoms with Crippen molar-refractivity contribution in [2.24, 2.45) is 29.4 Å². The summed E-state index contributed by atoms with van der Waals surface area (Å²) in [5.74, 6) is -0.647. The van der Waals surface area contributed by atoms with Gasteiger partial charge in [-0.05, 0) is 55.7 Å². The zero-order chi connectivity index (χ0) is 24.3. The van der Waals surface area contributed by atoms with Gasteiger partial charge < -0.3 is 15.5 Å². The number of likely N-dealkylation sites (tertiary alicyclic amines) is 1. The van der Waals surface area contributed by atoms with Gasteiger partial charge in [0.1, 0.15) is 0 Å². The number of rotatable bonds is 6. The Hall–Kier alpha value is -2.76. The molecule has 2 N–H and O–H groups in total. The molecule has 0 radical (unpaired) electrons. The maximum absolute atomic E-state index is 13.3. The highest BCUT2D eigenvalue weighted by atomic mass is 19.4. The van der Waals surface area contributed by atoms with E-state index < -0.39 is 29.1 Å². The predicted molar refractivity (Wildman–Crippen MR) is 118 cm³/mol. The van der Waals surface area contributed by atoms with E-state index in [0.29, 0.717) is 44.7 Å². The second kappa shape index (κ2) is 10.0. The number of alkyl halides is 3. The van der Waals surface area contributed by atoms with Crippen LogP contribution in [0.2, 0.25) is 0 Å². The van der Waals surface area contributed by atoms with Crippen molar-refractivity contribution in [2.75, 3.05) is 31.1 Å². The van der Waals surface area contributed by atoms with E-state index in [1.54, 1.807) is 17.0 Å². The van der Waals surface area contributed by atoms with Gasteiger partial charge in [0.2, 0.25) is 11.8 Å². The summed E-state index contributed by atoms with van der Waals surface area (Å²) in [6.45, 7) is 5.89. The third-order valence-corrected chi connectivity index (χ3v) is 7.32. The molecule has 9 heteroatoms. The summed E-state index contributed by atoms with van der Waals surface area (Å²) in [7, 11) is 0. The van der Waals surface area contributed by atoms with Gasteiger partial charge in [0.25, 0.3) is 0 Å². The van der Waals surface area contributed by atoms with Crippen molar-refractivity contribution in [1.82, 2.24) is 4.90 Å².